The SMILES string of the molecule is CC(C)Nc1ccccc1OCCC(N)=O. The molecule has 1 amide bonds. The van der Waals surface area contributed by atoms with E-state index in [4.69, 9.17) is 10.5 Å². The lowest BCUT2D eigenvalue weighted by Gasteiger charge is -2.14. The molecule has 0 fully saturated rings. The molecule has 0 bridgehead atoms. The van der Waals surface area contributed by atoms with Gasteiger partial charge in [0.05, 0.1) is 18.7 Å². The smallest absolute Gasteiger partial charge is 0.220 e. The number of benzene rings is 1. The van der Waals surface area contributed by atoms with E-state index in [1.54, 1.807) is 0 Å². The largest absolute Gasteiger partial charge is 0.491 e. The third-order valence-electron chi connectivity index (χ3n) is 1.94. The second-order valence-corrected chi connectivity index (χ2v) is 3.86. The fourth-order valence-corrected chi connectivity index (χ4v) is 1.28. The highest BCUT2D eigenvalue weighted by Crippen LogP contribution is 2.24. The molecular formula is C12H18N2O2. The van der Waals surface area contributed by atoms with Gasteiger partial charge in [0.2, 0.25) is 5.91 Å². The van der Waals surface area contributed by atoms with Gasteiger partial charge in [0.1, 0.15) is 5.75 Å². The predicted octanol–water partition coefficient (Wildman–Crippen LogP) is 1.76. The zero-order valence-corrected chi connectivity index (χ0v) is 9.69. The maximum atomic E-state index is 10.6. The van der Waals surface area contributed by atoms with Crippen LogP contribution in [-0.4, -0.2) is 18.6 Å². The first-order valence-corrected chi connectivity index (χ1v) is 5.36. The molecule has 0 aliphatic heterocycles. The summed E-state index contributed by atoms with van der Waals surface area (Å²) in [5.74, 6) is 0.395. The Kier molecular flexibility index (Phi) is 4.64. The number of anilines is 1. The van der Waals surface area contributed by atoms with E-state index < -0.39 is 0 Å². The summed E-state index contributed by atoms with van der Waals surface area (Å²) in [6.07, 6.45) is 0.232. The third kappa shape index (κ3) is 4.21. The first-order valence-electron chi connectivity index (χ1n) is 5.36. The number of para-hydroxylation sites is 2. The zero-order valence-electron chi connectivity index (χ0n) is 9.69. The fourth-order valence-electron chi connectivity index (χ4n) is 1.28. The number of hydrogen-bond donors (Lipinski definition) is 2. The molecule has 0 unspecified atom stereocenters. The van der Waals surface area contributed by atoms with Gasteiger partial charge in [-0.3, -0.25) is 4.79 Å². The van der Waals surface area contributed by atoms with Gasteiger partial charge in [-0.1, -0.05) is 12.1 Å². The van der Waals surface area contributed by atoms with Crippen molar-refractivity contribution in [2.24, 2.45) is 5.73 Å². The lowest BCUT2D eigenvalue weighted by molar-refractivity contribution is -0.118. The number of rotatable bonds is 6. The van der Waals surface area contributed by atoms with E-state index in [9.17, 15) is 4.79 Å². The van der Waals surface area contributed by atoms with E-state index in [1.807, 2.05) is 24.3 Å². The molecule has 0 saturated heterocycles. The molecule has 0 aromatic heterocycles. The van der Waals surface area contributed by atoms with Gasteiger partial charge in [0, 0.05) is 6.04 Å². The van der Waals surface area contributed by atoms with Crippen molar-refractivity contribution >= 4 is 11.6 Å². The summed E-state index contributed by atoms with van der Waals surface area (Å²) < 4.78 is 5.49. The normalized spacial score (nSPS) is 10.2. The minimum absolute atomic E-state index is 0.232. The standard InChI is InChI=1S/C12H18N2O2/c1-9(2)14-10-5-3-4-6-11(10)16-8-7-12(13)15/h3-6,9,14H,7-8H2,1-2H3,(H2,13,15). The van der Waals surface area contributed by atoms with E-state index in [1.165, 1.54) is 0 Å². The summed E-state index contributed by atoms with van der Waals surface area (Å²) in [6.45, 7) is 4.42. The summed E-state index contributed by atoms with van der Waals surface area (Å²) in [5, 5.41) is 3.27. The van der Waals surface area contributed by atoms with Crippen LogP contribution < -0.4 is 15.8 Å². The number of amides is 1. The molecule has 4 nitrogen and oxygen atoms in total. The van der Waals surface area contributed by atoms with E-state index in [2.05, 4.69) is 19.2 Å². The number of nitrogens with one attached hydrogen (secondary N) is 1. The molecular weight excluding hydrogens is 204 g/mol. The average Bonchev–Trinajstić information content (AvgIpc) is 2.19. The number of ether oxygens (including phenoxy) is 1. The topological polar surface area (TPSA) is 64.3 Å². The monoisotopic (exact) mass is 222 g/mol. The highest BCUT2D eigenvalue weighted by molar-refractivity contribution is 5.73. The van der Waals surface area contributed by atoms with Gasteiger partial charge < -0.3 is 15.8 Å². The van der Waals surface area contributed by atoms with Crippen LogP contribution in [0, 0.1) is 0 Å². The van der Waals surface area contributed by atoms with Gasteiger partial charge in [-0.05, 0) is 26.0 Å². The third-order valence-corrected chi connectivity index (χ3v) is 1.94. The van der Waals surface area contributed by atoms with Crippen molar-refractivity contribution in [3.05, 3.63) is 24.3 Å². The van der Waals surface area contributed by atoms with Gasteiger partial charge in [-0.2, -0.15) is 0 Å². The highest BCUT2D eigenvalue weighted by Gasteiger charge is 2.04. The maximum absolute atomic E-state index is 10.6. The zero-order chi connectivity index (χ0) is 12.0. The molecule has 1 aromatic carbocycles. The van der Waals surface area contributed by atoms with Crippen LogP contribution in [0.4, 0.5) is 5.69 Å². The Morgan fingerprint density at radius 3 is 2.75 bits per heavy atom. The lowest BCUT2D eigenvalue weighted by atomic mass is 10.2. The minimum Gasteiger partial charge on any atom is -0.491 e. The highest BCUT2D eigenvalue weighted by atomic mass is 16.5. The van der Waals surface area contributed by atoms with Crippen LogP contribution in [-0.2, 0) is 4.79 Å². The Hall–Kier alpha value is -1.71. The molecule has 1 rings (SSSR count). The van der Waals surface area contributed by atoms with Crippen LogP contribution in [0.1, 0.15) is 20.3 Å². The fraction of sp³-hybridized carbons (Fsp3) is 0.417. The van der Waals surface area contributed by atoms with E-state index in [-0.39, 0.29) is 12.3 Å². The van der Waals surface area contributed by atoms with Crippen molar-refractivity contribution < 1.29 is 9.53 Å². The minimum atomic E-state index is -0.353. The number of carbonyl (C=O) groups excluding carboxylic acids is 1. The summed E-state index contributed by atoms with van der Waals surface area (Å²) in [7, 11) is 0. The van der Waals surface area contributed by atoms with Gasteiger partial charge >= 0.3 is 0 Å². The van der Waals surface area contributed by atoms with Crippen molar-refractivity contribution in [1.29, 1.82) is 0 Å². The molecule has 0 aliphatic carbocycles. The van der Waals surface area contributed by atoms with Crippen LogP contribution in [0.2, 0.25) is 0 Å². The van der Waals surface area contributed by atoms with Crippen LogP contribution >= 0.6 is 0 Å². The summed E-state index contributed by atoms with van der Waals surface area (Å²) in [6, 6.07) is 7.98. The molecule has 0 aliphatic rings. The average molecular weight is 222 g/mol. The Morgan fingerprint density at radius 2 is 2.12 bits per heavy atom. The van der Waals surface area contributed by atoms with Gasteiger partial charge in [-0.25, -0.2) is 0 Å². The van der Waals surface area contributed by atoms with Crippen LogP contribution in [0.5, 0.6) is 5.75 Å². The van der Waals surface area contributed by atoms with E-state index in [0.29, 0.717) is 12.6 Å². The summed E-state index contributed by atoms with van der Waals surface area (Å²) in [5.41, 5.74) is 5.97. The predicted molar refractivity (Wildman–Crippen MR) is 64.5 cm³/mol. The maximum Gasteiger partial charge on any atom is 0.220 e. The van der Waals surface area contributed by atoms with E-state index >= 15 is 0 Å². The molecule has 0 heterocycles. The summed E-state index contributed by atoms with van der Waals surface area (Å²) >= 11 is 0. The molecule has 16 heavy (non-hydrogen) atoms. The first kappa shape index (κ1) is 12.4. The van der Waals surface area contributed by atoms with E-state index in [0.717, 1.165) is 11.4 Å². The Morgan fingerprint density at radius 1 is 1.44 bits per heavy atom. The van der Waals surface area contributed by atoms with Crippen LogP contribution in [0.15, 0.2) is 24.3 Å². The molecule has 0 radical (unpaired) electrons. The second-order valence-electron chi connectivity index (χ2n) is 3.86. The Bertz CT molecular complexity index is 351. The lowest BCUT2D eigenvalue weighted by Crippen LogP contribution is -2.15. The van der Waals surface area contributed by atoms with Crippen molar-refractivity contribution in [3.8, 4) is 5.75 Å². The number of primary amides is 1. The summed E-state index contributed by atoms with van der Waals surface area (Å²) in [4.78, 5) is 10.6. The van der Waals surface area contributed by atoms with Gasteiger partial charge in [0.25, 0.3) is 0 Å². The molecule has 0 spiro atoms. The number of carbonyl (C=O) groups is 1. The van der Waals surface area contributed by atoms with Crippen LogP contribution in [0.25, 0.3) is 0 Å². The number of hydrogen-bond acceptors (Lipinski definition) is 3. The van der Waals surface area contributed by atoms with Crippen LogP contribution in [0.3, 0.4) is 0 Å². The first-order chi connectivity index (χ1) is 7.59. The molecule has 4 heteroatoms. The number of nitrogens with two attached hydrogens (primary N) is 1. The Balaban J connectivity index is 2.60. The quantitative estimate of drug-likeness (QED) is 0.770. The van der Waals surface area contributed by atoms with Crippen molar-refractivity contribution in [2.45, 2.75) is 26.3 Å². The van der Waals surface area contributed by atoms with Crippen molar-refractivity contribution in [3.63, 3.8) is 0 Å². The molecule has 0 atom stereocenters. The Labute approximate surface area is 95.8 Å². The molecule has 0 saturated carbocycles. The van der Waals surface area contributed by atoms with Gasteiger partial charge in [-0.15, -0.1) is 0 Å². The van der Waals surface area contributed by atoms with Crippen molar-refractivity contribution in [1.82, 2.24) is 0 Å². The molecule has 88 valence electrons. The molecule has 1 aromatic rings. The van der Waals surface area contributed by atoms with Gasteiger partial charge in [0.15, 0.2) is 0 Å². The molecule has 3 N–H and O–H groups in total. The van der Waals surface area contributed by atoms with Crippen molar-refractivity contribution in [2.75, 3.05) is 11.9 Å². The second kappa shape index (κ2) is 6.00.